The van der Waals surface area contributed by atoms with Crippen LogP contribution in [0.15, 0.2) is 42.6 Å². The molecular weight excluding hydrogens is 394 g/mol. The molecule has 0 fully saturated rings. The maximum Gasteiger partial charge on any atom is 0.265 e. The second-order valence-corrected chi connectivity index (χ2v) is 8.77. The number of fused-ring (bicyclic) bond motifs is 1. The Kier molecular flexibility index (Phi) is 6.43. The summed E-state index contributed by atoms with van der Waals surface area (Å²) in [5.74, 6) is 0.795. The summed E-state index contributed by atoms with van der Waals surface area (Å²) in [5, 5.41) is 0.904. The van der Waals surface area contributed by atoms with Gasteiger partial charge in [-0.15, -0.1) is 11.3 Å². The van der Waals surface area contributed by atoms with Crippen molar-refractivity contribution in [3.63, 3.8) is 0 Å². The zero-order valence-corrected chi connectivity index (χ0v) is 18.4. The number of aromatic nitrogens is 2. The van der Waals surface area contributed by atoms with Crippen LogP contribution in [0.25, 0.3) is 22.0 Å². The molecule has 0 atom stereocenters. The van der Waals surface area contributed by atoms with Crippen LogP contribution in [0.2, 0.25) is 0 Å². The molecule has 3 heterocycles. The molecule has 1 aromatic carbocycles. The van der Waals surface area contributed by atoms with Gasteiger partial charge in [0.1, 0.15) is 10.8 Å². The number of aryl methyl sites for hydroxylation is 1. The molecule has 0 bridgehead atoms. The van der Waals surface area contributed by atoms with E-state index < -0.39 is 0 Å². The first kappa shape index (κ1) is 20.5. The van der Waals surface area contributed by atoms with Gasteiger partial charge in [-0.1, -0.05) is 38.7 Å². The van der Waals surface area contributed by atoms with Crippen molar-refractivity contribution in [3.8, 4) is 27.7 Å². The standard InChI is InChI=1S/C24H27N3O2S/c1-3-4-5-6-9-14-27-20-15-18(11-12-21(20)29-16-22(27)28)23-17(2)30-24(26-23)19-10-7-8-13-25-19/h7-8,10-13,15H,3-6,9,14,16H2,1-2H3. The second-order valence-electron chi connectivity index (χ2n) is 7.57. The van der Waals surface area contributed by atoms with Crippen LogP contribution in [0.4, 0.5) is 5.69 Å². The minimum atomic E-state index is 0.0271. The average molecular weight is 422 g/mol. The predicted molar refractivity (Wildman–Crippen MR) is 122 cm³/mol. The Morgan fingerprint density at radius 3 is 2.80 bits per heavy atom. The van der Waals surface area contributed by atoms with Crippen molar-refractivity contribution in [3.05, 3.63) is 47.5 Å². The molecule has 1 aliphatic rings. The molecule has 1 aliphatic heterocycles. The van der Waals surface area contributed by atoms with Crippen LogP contribution >= 0.6 is 11.3 Å². The van der Waals surface area contributed by atoms with Gasteiger partial charge >= 0.3 is 0 Å². The van der Waals surface area contributed by atoms with Crippen molar-refractivity contribution in [2.24, 2.45) is 0 Å². The van der Waals surface area contributed by atoms with Crippen LogP contribution in [0.5, 0.6) is 5.75 Å². The lowest BCUT2D eigenvalue weighted by Gasteiger charge is -2.30. The minimum Gasteiger partial charge on any atom is -0.482 e. The molecule has 1 amide bonds. The smallest absolute Gasteiger partial charge is 0.265 e. The maximum absolute atomic E-state index is 12.6. The monoisotopic (exact) mass is 421 g/mol. The van der Waals surface area contributed by atoms with E-state index in [4.69, 9.17) is 9.72 Å². The quantitative estimate of drug-likeness (QED) is 0.426. The fourth-order valence-electron chi connectivity index (χ4n) is 3.73. The van der Waals surface area contributed by atoms with Crippen LogP contribution in [0.3, 0.4) is 0 Å². The maximum atomic E-state index is 12.6. The molecule has 0 aliphatic carbocycles. The highest BCUT2D eigenvalue weighted by atomic mass is 32.1. The van der Waals surface area contributed by atoms with E-state index in [0.717, 1.165) is 57.7 Å². The summed E-state index contributed by atoms with van der Waals surface area (Å²) in [6.07, 6.45) is 7.62. The van der Waals surface area contributed by atoms with E-state index in [1.165, 1.54) is 19.3 Å². The summed E-state index contributed by atoms with van der Waals surface area (Å²) >= 11 is 1.64. The van der Waals surface area contributed by atoms with Crippen LogP contribution in [-0.4, -0.2) is 29.0 Å². The van der Waals surface area contributed by atoms with E-state index in [1.807, 2.05) is 41.3 Å². The highest BCUT2D eigenvalue weighted by Gasteiger charge is 2.26. The zero-order chi connectivity index (χ0) is 20.9. The molecule has 3 aromatic rings. The Labute approximate surface area is 181 Å². The lowest BCUT2D eigenvalue weighted by atomic mass is 10.1. The highest BCUT2D eigenvalue weighted by Crippen LogP contribution is 2.39. The van der Waals surface area contributed by atoms with Gasteiger partial charge in [-0.2, -0.15) is 0 Å². The Balaban J connectivity index is 1.60. The first-order valence-corrected chi connectivity index (χ1v) is 11.5. The SMILES string of the molecule is CCCCCCCN1C(=O)COc2ccc(-c3nc(-c4ccccn4)sc3C)cc21. The van der Waals surface area contributed by atoms with Crippen molar-refractivity contribution in [2.45, 2.75) is 46.0 Å². The Morgan fingerprint density at radius 2 is 2.00 bits per heavy atom. The van der Waals surface area contributed by atoms with Crippen molar-refractivity contribution < 1.29 is 9.53 Å². The van der Waals surface area contributed by atoms with Crippen LogP contribution < -0.4 is 9.64 Å². The molecule has 0 spiro atoms. The van der Waals surface area contributed by atoms with Gasteiger partial charge in [0.15, 0.2) is 6.61 Å². The van der Waals surface area contributed by atoms with Gasteiger partial charge < -0.3 is 9.64 Å². The van der Waals surface area contributed by atoms with Crippen molar-refractivity contribution in [1.82, 2.24) is 9.97 Å². The molecule has 0 radical (unpaired) electrons. The molecule has 0 unspecified atom stereocenters. The van der Waals surface area contributed by atoms with Crippen molar-refractivity contribution >= 4 is 22.9 Å². The lowest BCUT2D eigenvalue weighted by Crippen LogP contribution is -2.39. The number of unbranched alkanes of at least 4 members (excludes halogenated alkanes) is 4. The number of anilines is 1. The molecule has 0 saturated carbocycles. The summed E-state index contributed by atoms with van der Waals surface area (Å²) in [6, 6.07) is 11.9. The fourth-order valence-corrected chi connectivity index (χ4v) is 4.64. The molecule has 5 nitrogen and oxygen atoms in total. The lowest BCUT2D eigenvalue weighted by molar-refractivity contribution is -0.121. The third kappa shape index (κ3) is 4.38. The first-order valence-electron chi connectivity index (χ1n) is 10.6. The normalized spacial score (nSPS) is 13.3. The van der Waals surface area contributed by atoms with Gasteiger partial charge in [-0.05, 0) is 43.7 Å². The van der Waals surface area contributed by atoms with E-state index in [-0.39, 0.29) is 12.5 Å². The molecule has 6 heteroatoms. The largest absolute Gasteiger partial charge is 0.482 e. The summed E-state index contributed by atoms with van der Waals surface area (Å²) in [6.45, 7) is 5.13. The van der Waals surface area contributed by atoms with Crippen LogP contribution in [0, 0.1) is 6.92 Å². The number of amides is 1. The number of thiazole rings is 1. The number of carbonyl (C=O) groups excluding carboxylic acids is 1. The predicted octanol–water partition coefficient (Wildman–Crippen LogP) is 5.88. The Bertz CT molecular complexity index is 1020. The van der Waals surface area contributed by atoms with Crippen molar-refractivity contribution in [2.75, 3.05) is 18.1 Å². The number of hydrogen-bond donors (Lipinski definition) is 0. The van der Waals surface area contributed by atoms with Gasteiger partial charge in [0, 0.05) is 23.2 Å². The molecule has 4 rings (SSSR count). The summed E-state index contributed by atoms with van der Waals surface area (Å²) < 4.78 is 5.69. The third-order valence-electron chi connectivity index (χ3n) is 5.34. The number of hydrogen-bond acceptors (Lipinski definition) is 5. The van der Waals surface area contributed by atoms with E-state index in [9.17, 15) is 4.79 Å². The molecule has 2 aromatic heterocycles. The third-order valence-corrected chi connectivity index (χ3v) is 6.33. The Morgan fingerprint density at radius 1 is 1.13 bits per heavy atom. The van der Waals surface area contributed by atoms with Gasteiger partial charge in [-0.25, -0.2) is 4.98 Å². The average Bonchev–Trinajstić information content (AvgIpc) is 3.17. The second kappa shape index (κ2) is 9.39. The minimum absolute atomic E-state index is 0.0271. The van der Waals surface area contributed by atoms with E-state index in [0.29, 0.717) is 0 Å². The fraction of sp³-hybridized carbons (Fsp3) is 0.375. The Hall–Kier alpha value is -2.73. The first-order chi connectivity index (χ1) is 14.7. The molecular formula is C24H27N3O2S. The van der Waals surface area contributed by atoms with Gasteiger partial charge in [0.25, 0.3) is 5.91 Å². The number of ether oxygens (including phenoxy) is 1. The molecule has 0 saturated heterocycles. The van der Waals surface area contributed by atoms with Crippen LogP contribution in [0.1, 0.15) is 43.9 Å². The summed E-state index contributed by atoms with van der Waals surface area (Å²) in [5.41, 5.74) is 3.66. The number of nitrogens with zero attached hydrogens (tertiary/aromatic N) is 3. The van der Waals surface area contributed by atoms with Gasteiger partial charge in [0.05, 0.1) is 17.1 Å². The van der Waals surface area contributed by atoms with Crippen LogP contribution in [-0.2, 0) is 4.79 Å². The van der Waals surface area contributed by atoms with Crippen molar-refractivity contribution in [1.29, 1.82) is 0 Å². The molecule has 156 valence electrons. The topological polar surface area (TPSA) is 55.3 Å². The number of pyridine rings is 1. The molecule has 30 heavy (non-hydrogen) atoms. The number of carbonyl (C=O) groups is 1. The number of rotatable bonds is 8. The number of benzene rings is 1. The zero-order valence-electron chi connectivity index (χ0n) is 17.6. The van der Waals surface area contributed by atoms with E-state index >= 15 is 0 Å². The molecule has 0 N–H and O–H groups in total. The van der Waals surface area contributed by atoms with Gasteiger partial charge in [0.2, 0.25) is 0 Å². The highest BCUT2D eigenvalue weighted by molar-refractivity contribution is 7.15. The van der Waals surface area contributed by atoms with E-state index in [2.05, 4.69) is 18.8 Å². The summed E-state index contributed by atoms with van der Waals surface area (Å²) in [4.78, 5) is 24.8. The van der Waals surface area contributed by atoms with Gasteiger partial charge in [-0.3, -0.25) is 9.78 Å². The van der Waals surface area contributed by atoms with E-state index in [1.54, 1.807) is 17.5 Å². The summed E-state index contributed by atoms with van der Waals surface area (Å²) in [7, 11) is 0.